The van der Waals surface area contributed by atoms with Crippen LogP contribution in [0.25, 0.3) is 0 Å². The van der Waals surface area contributed by atoms with Gasteiger partial charge in [-0.3, -0.25) is 14.5 Å². The molecule has 0 bridgehead atoms. The zero-order chi connectivity index (χ0) is 21.2. The van der Waals surface area contributed by atoms with Gasteiger partial charge in [0.2, 0.25) is 5.91 Å². The molecule has 0 unspecified atom stereocenters. The summed E-state index contributed by atoms with van der Waals surface area (Å²) in [4.78, 5) is 38.0. The van der Waals surface area contributed by atoms with E-state index >= 15 is 0 Å². The molecule has 29 heavy (non-hydrogen) atoms. The van der Waals surface area contributed by atoms with Crippen molar-refractivity contribution in [3.63, 3.8) is 0 Å². The van der Waals surface area contributed by atoms with Crippen molar-refractivity contribution in [2.75, 3.05) is 16.8 Å². The number of esters is 1. The Bertz CT molecular complexity index is 944. The molecule has 1 N–H and O–H groups in total. The molecule has 152 valence electrons. The number of halogens is 3. The molecule has 7 nitrogen and oxygen atoms in total. The molecule has 0 saturated carbocycles. The second kappa shape index (κ2) is 7.82. The maximum Gasteiger partial charge on any atom is 0.573 e. The number of fused-ring (bicyclic) bond motifs is 1. The predicted molar refractivity (Wildman–Crippen MR) is 95.4 cm³/mol. The summed E-state index contributed by atoms with van der Waals surface area (Å²) < 4.78 is 45.4. The lowest BCUT2D eigenvalue weighted by atomic mass is 10.1. The normalized spacial score (nSPS) is 14.5. The highest BCUT2D eigenvalue weighted by Crippen LogP contribution is 2.29. The first-order valence-electron chi connectivity index (χ1n) is 8.41. The SMILES string of the molecule is C[C@H](OC(=O)c1ccc(OC(F)(F)F)cc1)C(=O)N1CC(=O)Nc2ccccc21. The predicted octanol–water partition coefficient (Wildman–Crippen LogP) is 3.12. The average Bonchev–Trinajstić information content (AvgIpc) is 2.65. The van der Waals surface area contributed by atoms with Gasteiger partial charge in [-0.25, -0.2) is 4.79 Å². The van der Waals surface area contributed by atoms with E-state index in [-0.39, 0.29) is 12.1 Å². The van der Waals surface area contributed by atoms with Crippen LogP contribution in [0.2, 0.25) is 0 Å². The molecule has 2 aromatic carbocycles. The van der Waals surface area contributed by atoms with Crippen molar-refractivity contribution >= 4 is 29.2 Å². The largest absolute Gasteiger partial charge is 0.573 e. The van der Waals surface area contributed by atoms with Crippen LogP contribution in [0.1, 0.15) is 17.3 Å². The van der Waals surface area contributed by atoms with Crippen LogP contribution in [0.4, 0.5) is 24.5 Å². The van der Waals surface area contributed by atoms with E-state index in [9.17, 15) is 27.6 Å². The highest BCUT2D eigenvalue weighted by molar-refractivity contribution is 6.11. The molecule has 1 aliphatic heterocycles. The standard InChI is InChI=1S/C19H15F3N2O5/c1-11(17(26)24-10-16(25)23-14-4-2-3-5-15(14)24)28-18(27)12-6-8-13(9-7-12)29-19(20,21)22/h2-9,11H,10H2,1H3,(H,23,25)/t11-/m0/s1. The lowest BCUT2D eigenvalue weighted by Crippen LogP contribution is -2.47. The highest BCUT2D eigenvalue weighted by atomic mass is 19.4. The average molecular weight is 408 g/mol. The zero-order valence-corrected chi connectivity index (χ0v) is 15.0. The van der Waals surface area contributed by atoms with E-state index in [1.807, 2.05) is 0 Å². The van der Waals surface area contributed by atoms with Gasteiger partial charge in [0.15, 0.2) is 6.10 Å². The Morgan fingerprint density at radius 1 is 1.10 bits per heavy atom. The summed E-state index contributed by atoms with van der Waals surface area (Å²) >= 11 is 0. The maximum atomic E-state index is 12.7. The van der Waals surface area contributed by atoms with E-state index < -0.39 is 36.0 Å². The molecule has 1 heterocycles. The van der Waals surface area contributed by atoms with Gasteiger partial charge in [-0.1, -0.05) is 12.1 Å². The lowest BCUT2D eigenvalue weighted by molar-refractivity contribution is -0.274. The van der Waals surface area contributed by atoms with Crippen LogP contribution < -0.4 is 15.0 Å². The lowest BCUT2D eigenvalue weighted by Gasteiger charge is -2.30. The third-order valence-corrected chi connectivity index (χ3v) is 3.99. The number of para-hydroxylation sites is 2. The molecule has 1 atom stereocenters. The number of nitrogens with zero attached hydrogens (tertiary/aromatic N) is 1. The molecule has 0 saturated heterocycles. The molecule has 0 radical (unpaired) electrons. The van der Waals surface area contributed by atoms with E-state index in [0.29, 0.717) is 11.4 Å². The molecule has 2 aromatic rings. The van der Waals surface area contributed by atoms with Gasteiger partial charge in [-0.2, -0.15) is 0 Å². The van der Waals surface area contributed by atoms with Gasteiger partial charge < -0.3 is 14.8 Å². The summed E-state index contributed by atoms with van der Waals surface area (Å²) in [5.74, 6) is -2.40. The summed E-state index contributed by atoms with van der Waals surface area (Å²) in [6, 6.07) is 10.8. The second-order valence-corrected chi connectivity index (χ2v) is 6.11. The van der Waals surface area contributed by atoms with Gasteiger partial charge in [-0.15, -0.1) is 13.2 Å². The van der Waals surface area contributed by atoms with E-state index in [2.05, 4.69) is 10.1 Å². The molecule has 0 aromatic heterocycles. The van der Waals surface area contributed by atoms with Crippen molar-refractivity contribution in [3.05, 3.63) is 54.1 Å². The quantitative estimate of drug-likeness (QED) is 0.786. The summed E-state index contributed by atoms with van der Waals surface area (Å²) in [6.45, 7) is 1.11. The highest BCUT2D eigenvalue weighted by Gasteiger charge is 2.32. The first-order valence-corrected chi connectivity index (χ1v) is 8.41. The Morgan fingerprint density at radius 2 is 1.76 bits per heavy atom. The first-order chi connectivity index (χ1) is 13.6. The van der Waals surface area contributed by atoms with E-state index in [1.54, 1.807) is 24.3 Å². The van der Waals surface area contributed by atoms with Crippen LogP contribution >= 0.6 is 0 Å². The van der Waals surface area contributed by atoms with Crippen LogP contribution in [0.3, 0.4) is 0 Å². The topological polar surface area (TPSA) is 84.9 Å². The van der Waals surface area contributed by atoms with E-state index in [0.717, 1.165) is 24.3 Å². The van der Waals surface area contributed by atoms with E-state index in [4.69, 9.17) is 4.74 Å². The molecular formula is C19H15F3N2O5. The second-order valence-electron chi connectivity index (χ2n) is 6.11. The van der Waals surface area contributed by atoms with Crippen molar-refractivity contribution in [3.8, 4) is 5.75 Å². The number of carbonyl (C=O) groups excluding carboxylic acids is 3. The summed E-state index contributed by atoms with van der Waals surface area (Å²) in [5, 5.41) is 2.64. The van der Waals surface area contributed by atoms with Gasteiger partial charge >= 0.3 is 12.3 Å². The Hall–Kier alpha value is -3.56. The summed E-state index contributed by atoms with van der Waals surface area (Å²) in [6.07, 6.45) is -6.08. The minimum atomic E-state index is -4.85. The first kappa shape index (κ1) is 20.2. The smallest absolute Gasteiger partial charge is 0.449 e. The monoisotopic (exact) mass is 408 g/mol. The zero-order valence-electron chi connectivity index (χ0n) is 15.0. The Labute approximate surface area is 163 Å². The van der Waals surface area contributed by atoms with Crippen LogP contribution in [0.15, 0.2) is 48.5 Å². The molecule has 0 spiro atoms. The molecule has 0 aliphatic carbocycles. The van der Waals surface area contributed by atoms with Gasteiger partial charge in [0.1, 0.15) is 12.3 Å². The molecule has 2 amide bonds. The van der Waals surface area contributed by atoms with Crippen molar-refractivity contribution in [1.82, 2.24) is 0 Å². The van der Waals surface area contributed by atoms with Crippen molar-refractivity contribution in [2.24, 2.45) is 0 Å². The van der Waals surface area contributed by atoms with Crippen LogP contribution in [0.5, 0.6) is 5.75 Å². The minimum Gasteiger partial charge on any atom is -0.449 e. The van der Waals surface area contributed by atoms with Gasteiger partial charge in [0.25, 0.3) is 5.91 Å². The van der Waals surface area contributed by atoms with Crippen LogP contribution in [-0.2, 0) is 14.3 Å². The van der Waals surface area contributed by atoms with Gasteiger partial charge in [0, 0.05) is 0 Å². The summed E-state index contributed by atoms with van der Waals surface area (Å²) in [5.41, 5.74) is 0.862. The number of anilines is 2. The summed E-state index contributed by atoms with van der Waals surface area (Å²) in [7, 11) is 0. The molecule has 1 aliphatic rings. The molecular weight excluding hydrogens is 393 g/mol. The number of alkyl halides is 3. The number of hydrogen-bond acceptors (Lipinski definition) is 5. The van der Waals surface area contributed by atoms with Crippen molar-refractivity contribution in [1.29, 1.82) is 0 Å². The number of carbonyl (C=O) groups is 3. The Kier molecular flexibility index (Phi) is 5.44. The van der Waals surface area contributed by atoms with Crippen molar-refractivity contribution in [2.45, 2.75) is 19.4 Å². The fraction of sp³-hybridized carbons (Fsp3) is 0.211. The van der Waals surface area contributed by atoms with Crippen LogP contribution in [-0.4, -0.2) is 36.8 Å². The van der Waals surface area contributed by atoms with Crippen molar-refractivity contribution < 1.29 is 37.0 Å². The van der Waals surface area contributed by atoms with Gasteiger partial charge in [-0.05, 0) is 43.3 Å². The number of hydrogen-bond donors (Lipinski definition) is 1. The molecule has 0 fully saturated rings. The van der Waals surface area contributed by atoms with Crippen LogP contribution in [0, 0.1) is 0 Å². The minimum absolute atomic E-state index is 0.0593. The molecule has 10 heteroatoms. The number of nitrogens with one attached hydrogen (secondary N) is 1. The Balaban J connectivity index is 1.68. The fourth-order valence-corrected chi connectivity index (χ4v) is 2.72. The Morgan fingerprint density at radius 3 is 2.41 bits per heavy atom. The van der Waals surface area contributed by atoms with E-state index in [1.165, 1.54) is 11.8 Å². The fourth-order valence-electron chi connectivity index (χ4n) is 2.72. The number of benzene rings is 2. The molecule has 3 rings (SSSR count). The number of amides is 2. The third-order valence-electron chi connectivity index (χ3n) is 3.99. The third kappa shape index (κ3) is 4.84. The van der Waals surface area contributed by atoms with Gasteiger partial charge in [0.05, 0.1) is 16.9 Å². The maximum absolute atomic E-state index is 12.7. The number of ether oxygens (including phenoxy) is 2. The number of rotatable bonds is 4.